The van der Waals surface area contributed by atoms with Crippen LogP contribution in [-0.4, -0.2) is 37.0 Å². The summed E-state index contributed by atoms with van der Waals surface area (Å²) in [5.41, 5.74) is 0.981. The van der Waals surface area contributed by atoms with Gasteiger partial charge in [0.1, 0.15) is 11.6 Å². The van der Waals surface area contributed by atoms with Crippen molar-refractivity contribution < 1.29 is 4.79 Å². The highest BCUT2D eigenvalue weighted by atomic mass is 16.2. The van der Waals surface area contributed by atoms with Crippen molar-refractivity contribution in [1.29, 1.82) is 0 Å². The number of H-pyrrole nitrogens is 1. The minimum absolute atomic E-state index is 0.105. The van der Waals surface area contributed by atoms with Crippen LogP contribution in [0.25, 0.3) is 0 Å². The number of aryl methyl sites for hydroxylation is 2. The van der Waals surface area contributed by atoms with Gasteiger partial charge in [-0.2, -0.15) is 0 Å². The normalized spacial score (nSPS) is 12.2. The van der Waals surface area contributed by atoms with Gasteiger partial charge in [0.05, 0.1) is 12.6 Å². The SMILES string of the molecule is CCCN(Cc1nccn1C)C(=O)N[C@H](C)c1ncc(C)[nH]1. The van der Waals surface area contributed by atoms with Crippen LogP contribution in [0.1, 0.15) is 43.7 Å². The molecule has 0 bridgehead atoms. The number of hydrogen-bond donors (Lipinski definition) is 2. The van der Waals surface area contributed by atoms with Crippen LogP contribution in [0, 0.1) is 6.92 Å². The molecule has 0 unspecified atom stereocenters. The summed E-state index contributed by atoms with van der Waals surface area (Å²) in [6.07, 6.45) is 6.28. The maximum absolute atomic E-state index is 12.5. The van der Waals surface area contributed by atoms with Crippen molar-refractivity contribution >= 4 is 6.03 Å². The Kier molecular flexibility index (Phi) is 5.19. The van der Waals surface area contributed by atoms with Crippen LogP contribution in [0.4, 0.5) is 4.79 Å². The van der Waals surface area contributed by atoms with Gasteiger partial charge in [0.25, 0.3) is 0 Å². The van der Waals surface area contributed by atoms with E-state index in [9.17, 15) is 4.79 Å². The van der Waals surface area contributed by atoms with Crippen molar-refractivity contribution in [3.05, 3.63) is 35.9 Å². The Hall–Kier alpha value is -2.31. The van der Waals surface area contributed by atoms with Crippen LogP contribution in [0.15, 0.2) is 18.6 Å². The predicted molar refractivity (Wildman–Crippen MR) is 84.2 cm³/mol. The van der Waals surface area contributed by atoms with E-state index in [2.05, 4.69) is 27.2 Å². The van der Waals surface area contributed by atoms with Gasteiger partial charge in [-0.1, -0.05) is 6.92 Å². The number of urea groups is 1. The summed E-state index contributed by atoms with van der Waals surface area (Å²) in [5, 5.41) is 2.98. The third kappa shape index (κ3) is 3.87. The highest BCUT2D eigenvalue weighted by Gasteiger charge is 2.19. The fourth-order valence-electron chi connectivity index (χ4n) is 2.24. The fourth-order valence-corrected chi connectivity index (χ4v) is 2.24. The standard InChI is InChI=1S/C15H24N6O/c1-5-7-21(10-13-16-6-8-20(13)4)15(22)19-12(3)14-17-9-11(2)18-14/h6,8-9,12H,5,7,10H2,1-4H3,(H,17,18)(H,19,22)/t12-/m1/s1. The van der Waals surface area contributed by atoms with Gasteiger partial charge in [0, 0.05) is 37.9 Å². The fraction of sp³-hybridized carbons (Fsp3) is 0.533. The molecule has 1 atom stereocenters. The third-order valence-electron chi connectivity index (χ3n) is 3.51. The summed E-state index contributed by atoms with van der Waals surface area (Å²) >= 11 is 0. The van der Waals surface area contributed by atoms with Crippen molar-refractivity contribution in [2.24, 2.45) is 7.05 Å². The minimum Gasteiger partial charge on any atom is -0.344 e. The zero-order valence-corrected chi connectivity index (χ0v) is 13.6. The summed E-state index contributed by atoms with van der Waals surface area (Å²) in [6.45, 7) is 7.09. The van der Waals surface area contributed by atoms with E-state index in [4.69, 9.17) is 0 Å². The van der Waals surface area contributed by atoms with E-state index in [0.717, 1.165) is 23.8 Å². The molecule has 2 aromatic rings. The topological polar surface area (TPSA) is 78.8 Å². The van der Waals surface area contributed by atoms with Gasteiger partial charge >= 0.3 is 6.03 Å². The number of nitrogens with one attached hydrogen (secondary N) is 2. The van der Waals surface area contributed by atoms with Crippen molar-refractivity contribution in [2.45, 2.75) is 39.8 Å². The number of carbonyl (C=O) groups excluding carboxylic acids is 1. The third-order valence-corrected chi connectivity index (χ3v) is 3.51. The van der Waals surface area contributed by atoms with E-state index in [1.54, 1.807) is 17.3 Å². The highest BCUT2D eigenvalue weighted by molar-refractivity contribution is 5.74. The van der Waals surface area contributed by atoms with Crippen LogP contribution in [0.3, 0.4) is 0 Å². The average molecular weight is 304 g/mol. The summed E-state index contributed by atoms with van der Waals surface area (Å²) < 4.78 is 1.93. The number of amides is 2. The first kappa shape index (κ1) is 16.1. The number of aromatic nitrogens is 4. The van der Waals surface area contributed by atoms with Gasteiger partial charge in [-0.05, 0) is 20.3 Å². The van der Waals surface area contributed by atoms with E-state index in [1.807, 2.05) is 31.7 Å². The lowest BCUT2D eigenvalue weighted by Gasteiger charge is -2.24. The zero-order chi connectivity index (χ0) is 16.1. The number of carbonyl (C=O) groups is 1. The maximum atomic E-state index is 12.5. The molecule has 2 amide bonds. The Balaban J connectivity index is 2.01. The molecule has 0 aromatic carbocycles. The molecule has 7 nitrogen and oxygen atoms in total. The van der Waals surface area contributed by atoms with Gasteiger partial charge in [-0.25, -0.2) is 14.8 Å². The molecule has 22 heavy (non-hydrogen) atoms. The van der Waals surface area contributed by atoms with E-state index >= 15 is 0 Å². The molecule has 7 heteroatoms. The molecule has 2 rings (SSSR count). The van der Waals surface area contributed by atoms with E-state index in [0.29, 0.717) is 13.1 Å². The van der Waals surface area contributed by atoms with Gasteiger partial charge in [0.2, 0.25) is 0 Å². The molecule has 0 aliphatic heterocycles. The lowest BCUT2D eigenvalue weighted by atomic mass is 10.3. The molecule has 0 saturated carbocycles. The smallest absolute Gasteiger partial charge is 0.318 e. The van der Waals surface area contributed by atoms with Crippen molar-refractivity contribution in [1.82, 2.24) is 29.7 Å². The quantitative estimate of drug-likeness (QED) is 0.858. The molecule has 0 aliphatic carbocycles. The van der Waals surface area contributed by atoms with E-state index in [1.165, 1.54) is 0 Å². The first-order valence-electron chi connectivity index (χ1n) is 7.54. The maximum Gasteiger partial charge on any atom is 0.318 e. The molecule has 0 saturated heterocycles. The lowest BCUT2D eigenvalue weighted by molar-refractivity contribution is 0.189. The van der Waals surface area contributed by atoms with Gasteiger partial charge in [-0.15, -0.1) is 0 Å². The van der Waals surface area contributed by atoms with Crippen molar-refractivity contribution in [3.8, 4) is 0 Å². The van der Waals surface area contributed by atoms with E-state index in [-0.39, 0.29) is 12.1 Å². The van der Waals surface area contributed by atoms with Crippen molar-refractivity contribution in [3.63, 3.8) is 0 Å². The highest BCUT2D eigenvalue weighted by Crippen LogP contribution is 2.10. The number of nitrogens with zero attached hydrogens (tertiary/aromatic N) is 4. The number of rotatable bonds is 6. The van der Waals surface area contributed by atoms with Gasteiger partial charge < -0.3 is 19.8 Å². The van der Waals surface area contributed by atoms with Crippen LogP contribution < -0.4 is 5.32 Å². The molecule has 0 spiro atoms. The molecule has 0 radical (unpaired) electrons. The molecular weight excluding hydrogens is 280 g/mol. The second kappa shape index (κ2) is 7.11. The summed E-state index contributed by atoms with van der Waals surface area (Å²) in [4.78, 5) is 26.0. The lowest BCUT2D eigenvalue weighted by Crippen LogP contribution is -2.41. The molecular formula is C15H24N6O. The van der Waals surface area contributed by atoms with Crippen LogP contribution in [-0.2, 0) is 13.6 Å². The van der Waals surface area contributed by atoms with Gasteiger partial charge in [-0.3, -0.25) is 0 Å². The monoisotopic (exact) mass is 304 g/mol. The Morgan fingerprint density at radius 3 is 2.82 bits per heavy atom. The van der Waals surface area contributed by atoms with Crippen molar-refractivity contribution in [2.75, 3.05) is 6.54 Å². The van der Waals surface area contributed by atoms with E-state index < -0.39 is 0 Å². The number of imidazole rings is 2. The molecule has 0 fully saturated rings. The predicted octanol–water partition coefficient (Wildman–Crippen LogP) is 2.13. The Morgan fingerprint density at radius 1 is 1.50 bits per heavy atom. The molecule has 2 N–H and O–H groups in total. The van der Waals surface area contributed by atoms with Gasteiger partial charge in [0.15, 0.2) is 0 Å². The number of aromatic amines is 1. The molecule has 0 aliphatic rings. The zero-order valence-electron chi connectivity index (χ0n) is 13.6. The summed E-state index contributed by atoms with van der Waals surface area (Å²) in [6, 6.07) is -0.270. The average Bonchev–Trinajstić information content (AvgIpc) is 3.07. The number of hydrogen-bond acceptors (Lipinski definition) is 3. The second-order valence-electron chi connectivity index (χ2n) is 5.50. The van der Waals surface area contributed by atoms with Crippen LogP contribution >= 0.6 is 0 Å². The molecule has 2 heterocycles. The largest absolute Gasteiger partial charge is 0.344 e. The first-order valence-corrected chi connectivity index (χ1v) is 7.54. The summed E-state index contributed by atoms with van der Waals surface area (Å²) in [5.74, 6) is 1.63. The first-order chi connectivity index (χ1) is 10.5. The summed E-state index contributed by atoms with van der Waals surface area (Å²) in [7, 11) is 1.93. The second-order valence-corrected chi connectivity index (χ2v) is 5.50. The Morgan fingerprint density at radius 2 is 2.27 bits per heavy atom. The minimum atomic E-state index is -0.165. The Bertz CT molecular complexity index is 617. The Labute approximate surface area is 130 Å². The van der Waals surface area contributed by atoms with Crippen LogP contribution in [0.2, 0.25) is 0 Å². The molecule has 2 aromatic heterocycles. The van der Waals surface area contributed by atoms with Crippen LogP contribution in [0.5, 0.6) is 0 Å². The molecule has 120 valence electrons.